The highest BCUT2D eigenvalue weighted by molar-refractivity contribution is 7.99. The van der Waals surface area contributed by atoms with E-state index in [4.69, 9.17) is 5.73 Å². The van der Waals surface area contributed by atoms with Crippen molar-refractivity contribution in [3.05, 3.63) is 0 Å². The number of carbonyl (C=O) groups excluding carboxylic acids is 2. The number of carbonyl (C=O) groups is 2. The van der Waals surface area contributed by atoms with E-state index in [0.29, 0.717) is 0 Å². The summed E-state index contributed by atoms with van der Waals surface area (Å²) in [5.41, 5.74) is 5.07. The Morgan fingerprint density at radius 1 is 1.47 bits per heavy atom. The second-order valence-corrected chi connectivity index (χ2v) is 4.74. The molecule has 1 rings (SSSR count). The predicted molar refractivity (Wildman–Crippen MR) is 64.1 cm³/mol. The Morgan fingerprint density at radius 3 is 2.74 bits per heavy atom. The molecule has 0 aromatic carbocycles. The number of nitrogens with two attached hydrogens (primary N) is 1. The van der Waals surface area contributed by atoms with Gasteiger partial charge in [0.25, 0.3) is 0 Å². The highest BCUT2D eigenvalue weighted by Crippen LogP contribution is 2.19. The van der Waals surface area contributed by atoms with Crippen LogP contribution in [0.25, 0.3) is 0 Å². The molecular formula is C10H12F3N3O2S. The van der Waals surface area contributed by atoms with Crippen molar-refractivity contribution in [1.82, 2.24) is 10.6 Å². The summed E-state index contributed by atoms with van der Waals surface area (Å²) in [6.07, 6.45) is -4.56. The molecule has 2 amide bonds. The van der Waals surface area contributed by atoms with Crippen LogP contribution in [0, 0.1) is 11.8 Å². The van der Waals surface area contributed by atoms with Crippen LogP contribution in [0.3, 0.4) is 0 Å². The molecule has 0 radical (unpaired) electrons. The molecule has 1 aliphatic heterocycles. The average Bonchev–Trinajstić information content (AvgIpc) is 2.32. The Morgan fingerprint density at radius 2 is 2.16 bits per heavy atom. The fourth-order valence-electron chi connectivity index (χ4n) is 1.26. The average molecular weight is 295 g/mol. The van der Waals surface area contributed by atoms with Gasteiger partial charge < -0.3 is 11.1 Å². The topological polar surface area (TPSA) is 84.2 Å². The third-order valence-corrected chi connectivity index (χ3v) is 3.10. The fourth-order valence-corrected chi connectivity index (χ4v) is 2.04. The highest BCUT2D eigenvalue weighted by atomic mass is 32.2. The third kappa shape index (κ3) is 5.40. The predicted octanol–water partition coefficient (Wildman–Crippen LogP) is -0.773. The maximum absolute atomic E-state index is 12.5. The minimum atomic E-state index is -4.56. The van der Waals surface area contributed by atoms with Gasteiger partial charge in [-0.25, -0.2) is 0 Å². The first-order valence-corrected chi connectivity index (χ1v) is 6.41. The number of hydrogen-bond acceptors (Lipinski definition) is 4. The minimum absolute atomic E-state index is 0.119. The van der Waals surface area contributed by atoms with Crippen molar-refractivity contribution < 1.29 is 22.8 Å². The van der Waals surface area contributed by atoms with Gasteiger partial charge in [0.1, 0.15) is 6.04 Å². The summed E-state index contributed by atoms with van der Waals surface area (Å²) in [6, 6.07) is -2.98. The largest absolute Gasteiger partial charge is 0.415 e. The lowest BCUT2D eigenvalue weighted by Gasteiger charge is -2.17. The van der Waals surface area contributed by atoms with Crippen LogP contribution in [0.1, 0.15) is 0 Å². The van der Waals surface area contributed by atoms with E-state index in [1.165, 1.54) is 0 Å². The van der Waals surface area contributed by atoms with Crippen molar-refractivity contribution in [3.8, 4) is 11.8 Å². The Labute approximate surface area is 111 Å². The molecule has 0 spiro atoms. The van der Waals surface area contributed by atoms with Crippen LogP contribution in [0.15, 0.2) is 0 Å². The molecule has 5 nitrogen and oxygen atoms in total. The molecule has 106 valence electrons. The van der Waals surface area contributed by atoms with Gasteiger partial charge in [-0.1, -0.05) is 11.8 Å². The second kappa shape index (κ2) is 6.68. The SMILES string of the molecule is NC(=O)C1CSCC#CC(C(F)(F)F)NCC(=O)N1. The number of hydrogen-bond donors (Lipinski definition) is 3. The summed E-state index contributed by atoms with van der Waals surface area (Å²) in [4.78, 5) is 22.4. The summed E-state index contributed by atoms with van der Waals surface area (Å²) in [6.45, 7) is -0.590. The lowest BCUT2D eigenvalue weighted by Crippen LogP contribution is -2.51. The van der Waals surface area contributed by atoms with Gasteiger partial charge in [0.15, 0.2) is 6.04 Å². The number of amides is 2. The Balaban J connectivity index is 2.76. The van der Waals surface area contributed by atoms with Gasteiger partial charge in [0.05, 0.1) is 12.3 Å². The standard InChI is InChI=1S/C10H12F3N3O2S/c11-10(12,13)7-2-1-3-19-5-6(9(14)18)16-8(17)4-15-7/h6-7,15H,3-5H2,(H2,14,18)(H,16,17). The molecule has 9 heteroatoms. The quantitative estimate of drug-likeness (QED) is 0.555. The van der Waals surface area contributed by atoms with Crippen LogP contribution >= 0.6 is 11.8 Å². The van der Waals surface area contributed by atoms with Crippen LogP contribution in [-0.2, 0) is 9.59 Å². The third-order valence-electron chi connectivity index (χ3n) is 2.18. The van der Waals surface area contributed by atoms with Crippen molar-refractivity contribution >= 4 is 23.6 Å². The smallest absolute Gasteiger partial charge is 0.368 e. The molecule has 0 aromatic rings. The zero-order valence-corrected chi connectivity index (χ0v) is 10.5. The normalized spacial score (nSPS) is 25.5. The Hall–Kier alpha value is -1.40. The van der Waals surface area contributed by atoms with Gasteiger partial charge in [-0.2, -0.15) is 13.2 Å². The summed E-state index contributed by atoms with van der Waals surface area (Å²) >= 11 is 1.13. The highest BCUT2D eigenvalue weighted by Gasteiger charge is 2.38. The molecule has 0 aromatic heterocycles. The molecule has 2 atom stereocenters. The van der Waals surface area contributed by atoms with Crippen LogP contribution in [0.4, 0.5) is 13.2 Å². The van der Waals surface area contributed by atoms with Crippen LogP contribution in [-0.4, -0.2) is 48.1 Å². The molecule has 1 heterocycles. The molecule has 0 fully saturated rings. The van der Waals surface area contributed by atoms with E-state index in [1.54, 1.807) is 0 Å². The minimum Gasteiger partial charge on any atom is -0.368 e. The van der Waals surface area contributed by atoms with Gasteiger partial charge in [-0.3, -0.25) is 14.9 Å². The number of rotatable bonds is 1. The molecule has 4 N–H and O–H groups in total. The van der Waals surface area contributed by atoms with E-state index >= 15 is 0 Å². The monoisotopic (exact) mass is 295 g/mol. The first-order valence-electron chi connectivity index (χ1n) is 5.25. The van der Waals surface area contributed by atoms with Crippen molar-refractivity contribution in [2.45, 2.75) is 18.3 Å². The summed E-state index contributed by atoms with van der Waals surface area (Å²) in [5, 5.41) is 4.26. The van der Waals surface area contributed by atoms with E-state index in [-0.39, 0.29) is 11.5 Å². The number of halogens is 3. The lowest BCUT2D eigenvalue weighted by molar-refractivity contribution is -0.143. The zero-order chi connectivity index (χ0) is 14.5. The van der Waals surface area contributed by atoms with Gasteiger partial charge in [0, 0.05) is 5.75 Å². The molecule has 0 bridgehead atoms. The summed E-state index contributed by atoms with van der Waals surface area (Å²) in [7, 11) is 0. The van der Waals surface area contributed by atoms with E-state index in [9.17, 15) is 22.8 Å². The van der Waals surface area contributed by atoms with Gasteiger partial charge in [0.2, 0.25) is 11.8 Å². The lowest BCUT2D eigenvalue weighted by atomic mass is 10.2. The first kappa shape index (κ1) is 15.7. The van der Waals surface area contributed by atoms with E-state index < -0.39 is 36.6 Å². The summed E-state index contributed by atoms with van der Waals surface area (Å²) < 4.78 is 37.6. The van der Waals surface area contributed by atoms with Crippen molar-refractivity contribution in [2.75, 3.05) is 18.1 Å². The number of alkyl halides is 3. The number of thioether (sulfide) groups is 1. The Bertz CT molecular complexity index is 416. The molecule has 1 aliphatic rings. The first-order chi connectivity index (χ1) is 8.80. The van der Waals surface area contributed by atoms with Gasteiger partial charge in [-0.05, 0) is 0 Å². The van der Waals surface area contributed by atoms with Crippen molar-refractivity contribution in [3.63, 3.8) is 0 Å². The van der Waals surface area contributed by atoms with Crippen LogP contribution in [0.5, 0.6) is 0 Å². The number of primary amides is 1. The Kier molecular flexibility index (Phi) is 5.50. The molecule has 0 saturated heterocycles. The van der Waals surface area contributed by atoms with Crippen LogP contribution < -0.4 is 16.4 Å². The molecule has 0 aliphatic carbocycles. The van der Waals surface area contributed by atoms with Gasteiger partial charge >= 0.3 is 6.18 Å². The molecule has 0 saturated carbocycles. The number of nitrogens with one attached hydrogen (secondary N) is 2. The fraction of sp³-hybridized carbons (Fsp3) is 0.600. The summed E-state index contributed by atoms with van der Waals surface area (Å²) in [5.74, 6) is 3.19. The second-order valence-electron chi connectivity index (χ2n) is 3.71. The van der Waals surface area contributed by atoms with E-state index in [0.717, 1.165) is 11.8 Å². The van der Waals surface area contributed by atoms with E-state index in [1.807, 2.05) is 11.2 Å². The van der Waals surface area contributed by atoms with Crippen LogP contribution in [0.2, 0.25) is 0 Å². The van der Waals surface area contributed by atoms with E-state index in [2.05, 4.69) is 11.2 Å². The van der Waals surface area contributed by atoms with Crippen molar-refractivity contribution in [1.29, 1.82) is 0 Å². The van der Waals surface area contributed by atoms with Gasteiger partial charge in [-0.15, -0.1) is 11.8 Å². The molecule has 2 unspecified atom stereocenters. The molecular weight excluding hydrogens is 283 g/mol. The zero-order valence-electron chi connectivity index (χ0n) is 9.71. The maximum atomic E-state index is 12.5. The van der Waals surface area contributed by atoms with Crippen molar-refractivity contribution in [2.24, 2.45) is 5.73 Å². The molecule has 19 heavy (non-hydrogen) atoms. The maximum Gasteiger partial charge on any atom is 0.415 e.